The molecule has 4 heteroatoms. The maximum absolute atomic E-state index is 13.0. The standard InChI is InChI=1S/C16H13FN2S/c17-11-7-5-10(6-8-11)15-18-9-13-12-3-1-2-4-14(12)20-16(13)19-15/h5-9H,1-4H2. The third kappa shape index (κ3) is 1.91. The van der Waals surface area contributed by atoms with Gasteiger partial charge >= 0.3 is 0 Å². The van der Waals surface area contributed by atoms with Gasteiger partial charge in [-0.05, 0) is 55.5 Å². The second-order valence-corrected chi connectivity index (χ2v) is 6.21. The summed E-state index contributed by atoms with van der Waals surface area (Å²) in [5.74, 6) is 0.442. The average Bonchev–Trinajstić information content (AvgIpc) is 2.85. The van der Waals surface area contributed by atoms with Crippen molar-refractivity contribution in [2.75, 3.05) is 0 Å². The molecule has 100 valence electrons. The van der Waals surface area contributed by atoms with Gasteiger partial charge in [0.1, 0.15) is 10.6 Å². The number of rotatable bonds is 1. The lowest BCUT2D eigenvalue weighted by Crippen LogP contribution is -1.98. The molecule has 1 aromatic carbocycles. The number of hydrogen-bond acceptors (Lipinski definition) is 3. The Kier molecular flexibility index (Phi) is 2.77. The Morgan fingerprint density at radius 1 is 1.05 bits per heavy atom. The molecule has 20 heavy (non-hydrogen) atoms. The van der Waals surface area contributed by atoms with Crippen LogP contribution in [0.4, 0.5) is 4.39 Å². The van der Waals surface area contributed by atoms with Crippen LogP contribution in [0.3, 0.4) is 0 Å². The lowest BCUT2D eigenvalue weighted by molar-refractivity contribution is 0.628. The van der Waals surface area contributed by atoms with Crippen LogP contribution in [0.1, 0.15) is 23.3 Å². The number of hydrogen-bond donors (Lipinski definition) is 0. The van der Waals surface area contributed by atoms with Crippen molar-refractivity contribution in [2.45, 2.75) is 25.7 Å². The summed E-state index contributed by atoms with van der Waals surface area (Å²) in [6.07, 6.45) is 6.79. The summed E-state index contributed by atoms with van der Waals surface area (Å²) >= 11 is 1.79. The fraction of sp³-hybridized carbons (Fsp3) is 0.250. The van der Waals surface area contributed by atoms with Gasteiger partial charge in [0.15, 0.2) is 5.82 Å². The fourth-order valence-corrected chi connectivity index (χ4v) is 4.01. The first kappa shape index (κ1) is 12.0. The van der Waals surface area contributed by atoms with Crippen LogP contribution in [0.15, 0.2) is 30.5 Å². The van der Waals surface area contributed by atoms with Crippen molar-refractivity contribution in [2.24, 2.45) is 0 Å². The first-order chi connectivity index (χ1) is 9.81. The largest absolute Gasteiger partial charge is 0.236 e. The maximum Gasteiger partial charge on any atom is 0.160 e. The summed E-state index contributed by atoms with van der Waals surface area (Å²) < 4.78 is 13.0. The zero-order valence-corrected chi connectivity index (χ0v) is 11.7. The van der Waals surface area contributed by atoms with Crippen LogP contribution in [0.2, 0.25) is 0 Å². The van der Waals surface area contributed by atoms with Gasteiger partial charge in [-0.15, -0.1) is 11.3 Å². The molecule has 0 bridgehead atoms. The lowest BCUT2D eigenvalue weighted by atomic mass is 9.97. The number of aromatic nitrogens is 2. The van der Waals surface area contributed by atoms with E-state index in [1.54, 1.807) is 23.5 Å². The minimum Gasteiger partial charge on any atom is -0.236 e. The van der Waals surface area contributed by atoms with Crippen molar-refractivity contribution >= 4 is 21.6 Å². The highest BCUT2D eigenvalue weighted by Gasteiger charge is 2.17. The van der Waals surface area contributed by atoms with Crippen molar-refractivity contribution in [3.8, 4) is 11.4 Å². The Morgan fingerprint density at radius 2 is 1.85 bits per heavy atom. The van der Waals surface area contributed by atoms with E-state index in [1.165, 1.54) is 47.2 Å². The number of nitrogens with zero attached hydrogens (tertiary/aromatic N) is 2. The Balaban J connectivity index is 1.84. The first-order valence-corrected chi connectivity index (χ1v) is 7.66. The molecule has 0 atom stereocenters. The lowest BCUT2D eigenvalue weighted by Gasteiger charge is -2.09. The van der Waals surface area contributed by atoms with Crippen LogP contribution >= 0.6 is 11.3 Å². The van der Waals surface area contributed by atoms with Gasteiger partial charge in [-0.1, -0.05) is 0 Å². The van der Waals surface area contributed by atoms with Crippen LogP contribution in [0, 0.1) is 5.82 Å². The van der Waals surface area contributed by atoms with Crippen LogP contribution in [0.5, 0.6) is 0 Å². The van der Waals surface area contributed by atoms with Gasteiger partial charge in [-0.2, -0.15) is 0 Å². The summed E-state index contributed by atoms with van der Waals surface area (Å²) in [6.45, 7) is 0. The Morgan fingerprint density at radius 3 is 2.70 bits per heavy atom. The van der Waals surface area contributed by atoms with Gasteiger partial charge in [0, 0.05) is 22.0 Å². The van der Waals surface area contributed by atoms with Crippen LogP contribution in [-0.2, 0) is 12.8 Å². The SMILES string of the molecule is Fc1ccc(-c2ncc3c4c(sc3n2)CCCC4)cc1. The molecule has 3 aromatic rings. The third-order valence-electron chi connectivity index (χ3n) is 3.82. The number of thiophene rings is 1. The van der Waals surface area contributed by atoms with Crippen molar-refractivity contribution < 1.29 is 4.39 Å². The molecule has 0 amide bonds. The van der Waals surface area contributed by atoms with E-state index in [1.807, 2.05) is 6.20 Å². The monoisotopic (exact) mass is 284 g/mol. The molecular formula is C16H13FN2S. The topological polar surface area (TPSA) is 25.8 Å². The van der Waals surface area contributed by atoms with E-state index in [4.69, 9.17) is 0 Å². The number of fused-ring (bicyclic) bond motifs is 3. The summed E-state index contributed by atoms with van der Waals surface area (Å²) in [5.41, 5.74) is 2.31. The number of benzene rings is 1. The minimum absolute atomic E-state index is 0.235. The Labute approximate surface area is 120 Å². The normalized spacial score (nSPS) is 14.4. The summed E-state index contributed by atoms with van der Waals surface area (Å²) in [7, 11) is 0. The highest BCUT2D eigenvalue weighted by molar-refractivity contribution is 7.18. The molecule has 2 nitrogen and oxygen atoms in total. The molecule has 0 aliphatic heterocycles. The van der Waals surface area contributed by atoms with E-state index in [9.17, 15) is 4.39 Å². The van der Waals surface area contributed by atoms with Crippen LogP contribution < -0.4 is 0 Å². The quantitative estimate of drug-likeness (QED) is 0.663. The van der Waals surface area contributed by atoms with E-state index in [2.05, 4.69) is 9.97 Å². The van der Waals surface area contributed by atoms with Crippen LogP contribution in [0.25, 0.3) is 21.6 Å². The predicted octanol–water partition coefficient (Wildman–Crippen LogP) is 4.38. The second-order valence-electron chi connectivity index (χ2n) is 5.13. The highest BCUT2D eigenvalue weighted by Crippen LogP contribution is 2.35. The third-order valence-corrected chi connectivity index (χ3v) is 5.02. The Hall–Kier alpha value is -1.81. The van der Waals surface area contributed by atoms with E-state index in [0.29, 0.717) is 5.82 Å². The smallest absolute Gasteiger partial charge is 0.160 e. The molecule has 0 unspecified atom stereocenters. The van der Waals surface area contributed by atoms with Crippen molar-refractivity contribution in [1.29, 1.82) is 0 Å². The van der Waals surface area contributed by atoms with Crippen molar-refractivity contribution in [3.63, 3.8) is 0 Å². The van der Waals surface area contributed by atoms with Crippen LogP contribution in [-0.4, -0.2) is 9.97 Å². The number of aryl methyl sites for hydroxylation is 2. The van der Waals surface area contributed by atoms with E-state index in [0.717, 1.165) is 16.8 Å². The minimum atomic E-state index is -0.235. The average molecular weight is 284 g/mol. The molecule has 0 spiro atoms. The molecule has 0 radical (unpaired) electrons. The molecule has 4 rings (SSSR count). The molecule has 0 fully saturated rings. The summed E-state index contributed by atoms with van der Waals surface area (Å²) in [6, 6.07) is 6.35. The van der Waals surface area contributed by atoms with E-state index >= 15 is 0 Å². The fourth-order valence-electron chi connectivity index (χ4n) is 2.78. The Bertz CT molecular complexity index is 777. The summed E-state index contributed by atoms with van der Waals surface area (Å²) in [4.78, 5) is 11.7. The summed E-state index contributed by atoms with van der Waals surface area (Å²) in [5, 5.41) is 1.20. The zero-order valence-electron chi connectivity index (χ0n) is 10.9. The molecule has 2 heterocycles. The number of halogens is 1. The molecule has 0 N–H and O–H groups in total. The highest BCUT2D eigenvalue weighted by atomic mass is 32.1. The van der Waals surface area contributed by atoms with Crippen molar-refractivity contribution in [1.82, 2.24) is 9.97 Å². The van der Waals surface area contributed by atoms with E-state index in [-0.39, 0.29) is 5.82 Å². The molecule has 1 aliphatic rings. The van der Waals surface area contributed by atoms with Gasteiger partial charge < -0.3 is 0 Å². The molecule has 0 saturated heterocycles. The van der Waals surface area contributed by atoms with Gasteiger partial charge in [0.05, 0.1) is 0 Å². The zero-order chi connectivity index (χ0) is 13.5. The van der Waals surface area contributed by atoms with Gasteiger partial charge in [-0.3, -0.25) is 0 Å². The van der Waals surface area contributed by atoms with E-state index < -0.39 is 0 Å². The first-order valence-electron chi connectivity index (χ1n) is 6.84. The second kappa shape index (κ2) is 4.63. The van der Waals surface area contributed by atoms with Gasteiger partial charge in [0.25, 0.3) is 0 Å². The molecular weight excluding hydrogens is 271 g/mol. The predicted molar refractivity (Wildman–Crippen MR) is 79.5 cm³/mol. The van der Waals surface area contributed by atoms with Gasteiger partial charge in [0.2, 0.25) is 0 Å². The van der Waals surface area contributed by atoms with Crippen molar-refractivity contribution in [3.05, 3.63) is 46.7 Å². The van der Waals surface area contributed by atoms with Gasteiger partial charge in [-0.25, -0.2) is 14.4 Å². The maximum atomic E-state index is 13.0. The molecule has 0 saturated carbocycles. The molecule has 1 aliphatic carbocycles. The molecule has 2 aromatic heterocycles.